The van der Waals surface area contributed by atoms with Crippen molar-refractivity contribution in [2.45, 2.75) is 0 Å². The van der Waals surface area contributed by atoms with Gasteiger partial charge in [-0.1, -0.05) is 18.2 Å². The number of rotatable bonds is 6. The number of benzene rings is 4. The van der Waals surface area contributed by atoms with Crippen molar-refractivity contribution in [3.8, 4) is 40.2 Å². The Kier molecular flexibility index (Phi) is 6.09. The molecule has 0 aliphatic carbocycles. The summed E-state index contributed by atoms with van der Waals surface area (Å²) in [6.45, 7) is 0. The van der Waals surface area contributed by atoms with Crippen molar-refractivity contribution in [1.82, 2.24) is 4.98 Å². The first-order chi connectivity index (χ1) is 17.9. The van der Waals surface area contributed by atoms with Gasteiger partial charge in [-0.3, -0.25) is 0 Å². The Morgan fingerprint density at radius 2 is 1.32 bits per heavy atom. The summed E-state index contributed by atoms with van der Waals surface area (Å²) in [5, 5.41) is 20.3. The average Bonchev–Trinajstić information content (AvgIpc) is 2.90. The third kappa shape index (κ3) is 5.01. The van der Waals surface area contributed by atoms with E-state index in [9.17, 15) is 15.0 Å². The lowest BCUT2D eigenvalue weighted by Crippen LogP contribution is -2.08. The smallest absolute Gasteiger partial charge is 0.343 e. The number of hydrogen-bond donors (Lipinski definition) is 4. The molecule has 0 radical (unpaired) electrons. The van der Waals surface area contributed by atoms with Gasteiger partial charge < -0.3 is 35.9 Å². The maximum Gasteiger partial charge on any atom is 0.343 e. The molecule has 4 aromatic carbocycles. The number of ether oxygens (including phenoxy) is 3. The van der Waals surface area contributed by atoms with Gasteiger partial charge in [-0.05, 0) is 54.6 Å². The monoisotopic (exact) mass is 495 g/mol. The first-order valence-electron chi connectivity index (χ1n) is 11.1. The lowest BCUT2D eigenvalue weighted by molar-refractivity contribution is 0.0736. The molecule has 0 fully saturated rings. The van der Waals surface area contributed by atoms with Gasteiger partial charge in [0, 0.05) is 12.1 Å². The van der Waals surface area contributed by atoms with Crippen molar-refractivity contribution in [2.75, 3.05) is 11.5 Å². The van der Waals surface area contributed by atoms with Crippen LogP contribution in [-0.2, 0) is 0 Å². The van der Waals surface area contributed by atoms with Crippen molar-refractivity contribution >= 4 is 28.2 Å². The molecule has 0 saturated carbocycles. The molecule has 0 aliphatic rings. The molecule has 0 amide bonds. The summed E-state index contributed by atoms with van der Waals surface area (Å²) in [5.41, 5.74) is 12.5. The Morgan fingerprint density at radius 3 is 1.97 bits per heavy atom. The number of hydrogen-bond acceptors (Lipinski definition) is 9. The first-order valence-corrected chi connectivity index (χ1v) is 11.1. The van der Waals surface area contributed by atoms with Gasteiger partial charge in [-0.2, -0.15) is 0 Å². The first kappa shape index (κ1) is 23.3. The molecule has 9 heteroatoms. The van der Waals surface area contributed by atoms with Crippen molar-refractivity contribution < 1.29 is 29.2 Å². The van der Waals surface area contributed by atoms with Gasteiger partial charge >= 0.3 is 5.97 Å². The molecule has 9 nitrogen and oxygen atoms in total. The number of aromatic hydroxyl groups is 2. The van der Waals surface area contributed by atoms with Crippen molar-refractivity contribution in [1.29, 1.82) is 0 Å². The van der Waals surface area contributed by atoms with Gasteiger partial charge in [-0.25, -0.2) is 9.78 Å². The highest BCUT2D eigenvalue weighted by Crippen LogP contribution is 2.39. The van der Waals surface area contributed by atoms with Crippen LogP contribution in [0.25, 0.3) is 10.9 Å². The van der Waals surface area contributed by atoms with Crippen LogP contribution in [0.1, 0.15) is 10.4 Å². The number of esters is 1. The molecule has 0 saturated heterocycles. The summed E-state index contributed by atoms with van der Waals surface area (Å²) < 4.78 is 17.5. The quantitative estimate of drug-likeness (QED) is 0.102. The van der Waals surface area contributed by atoms with Crippen LogP contribution in [0.15, 0.2) is 91.1 Å². The van der Waals surface area contributed by atoms with Crippen LogP contribution in [0.4, 0.5) is 11.4 Å². The molecule has 6 N–H and O–H groups in total. The molecule has 0 aliphatic heterocycles. The average molecular weight is 495 g/mol. The van der Waals surface area contributed by atoms with Gasteiger partial charge in [0.1, 0.15) is 40.0 Å². The summed E-state index contributed by atoms with van der Waals surface area (Å²) in [6.07, 6.45) is 1.45. The Hall–Kier alpha value is -5.44. The van der Waals surface area contributed by atoms with Crippen molar-refractivity contribution in [3.63, 3.8) is 0 Å². The van der Waals surface area contributed by atoms with Crippen LogP contribution < -0.4 is 25.7 Å². The zero-order chi connectivity index (χ0) is 25.9. The Bertz CT molecular complexity index is 1620. The zero-order valence-corrected chi connectivity index (χ0v) is 19.3. The molecule has 0 spiro atoms. The summed E-state index contributed by atoms with van der Waals surface area (Å²) in [4.78, 5) is 17.2. The standard InChI is InChI=1S/C28H21N3O6/c29-21-8-6-17(13-23(21)32)35-19-12-20-25(36-18-7-9-22(30)24(33)14-18)10-11-26(27(20)31-15-19)37-28(34)16-4-2-1-3-5-16/h1-15,32-33H,29-30H2. The van der Waals surface area contributed by atoms with Gasteiger partial charge in [0.05, 0.1) is 28.5 Å². The minimum atomic E-state index is -0.543. The topological polar surface area (TPSA) is 150 Å². The SMILES string of the molecule is Nc1ccc(Oc2cnc3c(OC(=O)c4ccccc4)ccc(Oc4ccc(N)c(O)c4)c3c2)cc1O. The number of pyridine rings is 1. The van der Waals surface area contributed by atoms with Gasteiger partial charge in [0.25, 0.3) is 0 Å². The lowest BCUT2D eigenvalue weighted by Gasteiger charge is -2.14. The number of anilines is 2. The minimum Gasteiger partial charge on any atom is -0.506 e. The van der Waals surface area contributed by atoms with Gasteiger partial charge in [0.2, 0.25) is 0 Å². The predicted octanol–water partition coefficient (Wildman–Crippen LogP) is 5.61. The van der Waals surface area contributed by atoms with E-state index in [1.807, 2.05) is 0 Å². The van der Waals surface area contributed by atoms with E-state index in [0.717, 1.165) is 0 Å². The number of fused-ring (bicyclic) bond motifs is 1. The number of nitrogen functional groups attached to an aromatic ring is 2. The van der Waals surface area contributed by atoms with E-state index in [4.69, 9.17) is 25.7 Å². The van der Waals surface area contributed by atoms with E-state index < -0.39 is 5.97 Å². The van der Waals surface area contributed by atoms with E-state index in [2.05, 4.69) is 4.98 Å². The molecule has 0 bridgehead atoms. The number of phenols is 2. The van der Waals surface area contributed by atoms with Crippen LogP contribution in [0, 0.1) is 0 Å². The van der Waals surface area contributed by atoms with Gasteiger partial charge in [-0.15, -0.1) is 0 Å². The third-order valence-electron chi connectivity index (χ3n) is 5.43. The molecule has 37 heavy (non-hydrogen) atoms. The molecule has 5 rings (SSSR count). The zero-order valence-electron chi connectivity index (χ0n) is 19.3. The number of nitrogens with zero attached hydrogens (tertiary/aromatic N) is 1. The second-order valence-corrected chi connectivity index (χ2v) is 8.03. The molecule has 1 heterocycles. The Balaban J connectivity index is 1.55. The Morgan fingerprint density at radius 1 is 0.703 bits per heavy atom. The summed E-state index contributed by atoms with van der Waals surface area (Å²) in [7, 11) is 0. The van der Waals surface area contributed by atoms with Gasteiger partial charge in [0.15, 0.2) is 5.75 Å². The normalized spacial score (nSPS) is 10.7. The summed E-state index contributed by atoms with van der Waals surface area (Å²) in [5.74, 6) is 0.785. The predicted molar refractivity (Wildman–Crippen MR) is 138 cm³/mol. The van der Waals surface area contributed by atoms with Crippen molar-refractivity contribution in [2.24, 2.45) is 0 Å². The van der Waals surface area contributed by atoms with E-state index in [0.29, 0.717) is 39.5 Å². The fourth-order valence-electron chi connectivity index (χ4n) is 3.55. The number of carbonyl (C=O) groups excluding carboxylic acids is 1. The molecule has 5 aromatic rings. The van der Waals surface area contributed by atoms with Crippen molar-refractivity contribution in [3.05, 3.63) is 96.7 Å². The summed E-state index contributed by atoms with van der Waals surface area (Å²) >= 11 is 0. The van der Waals surface area contributed by atoms with Crippen LogP contribution >= 0.6 is 0 Å². The fraction of sp³-hybridized carbons (Fsp3) is 0. The molecule has 184 valence electrons. The molecular formula is C28H21N3O6. The number of phenolic OH excluding ortho intramolecular Hbond substituents is 2. The van der Waals surface area contributed by atoms with Crippen LogP contribution in [-0.4, -0.2) is 21.2 Å². The maximum absolute atomic E-state index is 12.7. The van der Waals surface area contributed by atoms with E-state index in [1.54, 1.807) is 60.7 Å². The molecular weight excluding hydrogens is 474 g/mol. The summed E-state index contributed by atoms with van der Waals surface area (Å²) in [6, 6.07) is 22.4. The highest BCUT2D eigenvalue weighted by atomic mass is 16.5. The fourth-order valence-corrected chi connectivity index (χ4v) is 3.55. The molecule has 1 aromatic heterocycles. The van der Waals surface area contributed by atoms with Crippen LogP contribution in [0.2, 0.25) is 0 Å². The van der Waals surface area contributed by atoms with E-state index in [-0.39, 0.29) is 28.6 Å². The highest BCUT2D eigenvalue weighted by Gasteiger charge is 2.16. The third-order valence-corrected chi connectivity index (χ3v) is 5.43. The second-order valence-electron chi connectivity index (χ2n) is 8.03. The number of nitrogens with two attached hydrogens (primary N) is 2. The molecule has 0 atom stereocenters. The minimum absolute atomic E-state index is 0.117. The lowest BCUT2D eigenvalue weighted by atomic mass is 10.1. The van der Waals surface area contributed by atoms with Crippen LogP contribution in [0.5, 0.6) is 40.2 Å². The van der Waals surface area contributed by atoms with Crippen LogP contribution in [0.3, 0.4) is 0 Å². The van der Waals surface area contributed by atoms with E-state index >= 15 is 0 Å². The highest BCUT2D eigenvalue weighted by molar-refractivity contribution is 5.96. The maximum atomic E-state index is 12.7. The van der Waals surface area contributed by atoms with E-state index in [1.165, 1.54) is 30.5 Å². The molecule has 0 unspecified atom stereocenters. The number of carbonyl (C=O) groups is 1. The second kappa shape index (κ2) is 9.67. The number of aromatic nitrogens is 1. The Labute approximate surface area is 211 Å². The largest absolute Gasteiger partial charge is 0.506 e.